The fourth-order valence-electron chi connectivity index (χ4n) is 2.07. The lowest BCUT2D eigenvalue weighted by Gasteiger charge is -2.29. The Labute approximate surface area is 116 Å². The minimum absolute atomic E-state index is 0.177. The normalized spacial score (nSPS) is 21.1. The fourth-order valence-corrected chi connectivity index (χ4v) is 2.07. The van der Waals surface area contributed by atoms with Crippen molar-refractivity contribution in [2.24, 2.45) is 10.7 Å². The molecule has 1 aromatic carbocycles. The van der Waals surface area contributed by atoms with Gasteiger partial charge >= 0.3 is 0 Å². The van der Waals surface area contributed by atoms with Crippen LogP contribution in [0.1, 0.15) is 12.5 Å². The number of nitrogens with zero attached hydrogens (tertiary/aromatic N) is 1. The molecule has 20 heavy (non-hydrogen) atoms. The predicted molar refractivity (Wildman–Crippen MR) is 74.0 cm³/mol. The number of benzene rings is 1. The Balaban J connectivity index is 2.25. The molecule has 0 bridgehead atoms. The van der Waals surface area contributed by atoms with Gasteiger partial charge in [0.1, 0.15) is 11.4 Å². The molecule has 1 amide bonds. The molecule has 1 heterocycles. The summed E-state index contributed by atoms with van der Waals surface area (Å²) < 4.78 is 18.3. The van der Waals surface area contributed by atoms with Gasteiger partial charge in [-0.2, -0.15) is 0 Å². The van der Waals surface area contributed by atoms with E-state index in [0.717, 1.165) is 5.56 Å². The van der Waals surface area contributed by atoms with Gasteiger partial charge in [0.15, 0.2) is 11.6 Å². The van der Waals surface area contributed by atoms with Crippen LogP contribution in [0.3, 0.4) is 0 Å². The van der Waals surface area contributed by atoms with E-state index in [-0.39, 0.29) is 11.5 Å². The maximum Gasteiger partial charge on any atom is 0.267 e. The van der Waals surface area contributed by atoms with Crippen molar-refractivity contribution in [2.75, 3.05) is 7.11 Å². The fraction of sp³-hybridized carbons (Fsp3) is 0.286. The van der Waals surface area contributed by atoms with Crippen molar-refractivity contribution < 1.29 is 13.9 Å². The highest BCUT2D eigenvalue weighted by Gasteiger charge is 2.26. The lowest BCUT2D eigenvalue weighted by molar-refractivity contribution is -0.112. The van der Waals surface area contributed by atoms with Gasteiger partial charge in [0.2, 0.25) is 0 Å². The van der Waals surface area contributed by atoms with Crippen molar-refractivity contribution >= 4 is 11.6 Å². The van der Waals surface area contributed by atoms with Gasteiger partial charge < -0.3 is 15.8 Å². The third-order valence-corrected chi connectivity index (χ3v) is 3.02. The number of nitrogens with two attached hydrogens (primary N) is 1. The van der Waals surface area contributed by atoms with E-state index in [1.54, 1.807) is 18.3 Å². The standard InChI is InChI=1S/C14H16FN3O2/c1-14(17-6-5-11(18-14)13(16)19)8-9-3-4-10(15)12(7-9)20-2/h3-7,17H,8H2,1-2H3,(H2,16,19). The summed E-state index contributed by atoms with van der Waals surface area (Å²) in [4.78, 5) is 15.5. The van der Waals surface area contributed by atoms with Crippen molar-refractivity contribution in [3.63, 3.8) is 0 Å². The number of hydrogen-bond donors (Lipinski definition) is 2. The van der Waals surface area contributed by atoms with Crippen molar-refractivity contribution in [3.8, 4) is 5.75 Å². The number of halogens is 1. The molecule has 6 heteroatoms. The first kappa shape index (κ1) is 14.0. The number of carbonyl (C=O) groups excluding carboxylic acids is 1. The predicted octanol–water partition coefficient (Wildman–Crippen LogP) is 1.14. The smallest absolute Gasteiger partial charge is 0.267 e. The summed E-state index contributed by atoms with van der Waals surface area (Å²) in [6.07, 6.45) is 3.62. The third kappa shape index (κ3) is 2.96. The van der Waals surface area contributed by atoms with Gasteiger partial charge in [-0.05, 0) is 30.7 Å². The number of aliphatic imine (C=N–C) groups is 1. The van der Waals surface area contributed by atoms with E-state index in [4.69, 9.17) is 10.5 Å². The average Bonchev–Trinajstić information content (AvgIpc) is 2.40. The summed E-state index contributed by atoms with van der Waals surface area (Å²) in [6, 6.07) is 4.61. The zero-order valence-electron chi connectivity index (χ0n) is 11.3. The molecule has 1 aromatic rings. The first-order valence-electron chi connectivity index (χ1n) is 6.10. The first-order valence-corrected chi connectivity index (χ1v) is 6.10. The molecule has 1 unspecified atom stereocenters. The summed E-state index contributed by atoms with van der Waals surface area (Å²) in [7, 11) is 1.41. The number of rotatable bonds is 4. The first-order chi connectivity index (χ1) is 9.43. The number of carbonyl (C=O) groups is 1. The lowest BCUT2D eigenvalue weighted by Crippen LogP contribution is -2.44. The molecule has 5 nitrogen and oxygen atoms in total. The second-order valence-corrected chi connectivity index (χ2v) is 4.76. The van der Waals surface area contributed by atoms with E-state index in [1.165, 1.54) is 19.3 Å². The van der Waals surface area contributed by atoms with Gasteiger partial charge in [-0.3, -0.25) is 9.79 Å². The maximum atomic E-state index is 13.4. The molecule has 1 aliphatic heterocycles. The van der Waals surface area contributed by atoms with Crippen molar-refractivity contribution in [3.05, 3.63) is 41.9 Å². The van der Waals surface area contributed by atoms with E-state index < -0.39 is 17.4 Å². The number of primary amides is 1. The molecule has 0 aliphatic carbocycles. The average molecular weight is 277 g/mol. The number of ether oxygens (including phenoxy) is 1. The second-order valence-electron chi connectivity index (χ2n) is 4.76. The monoisotopic (exact) mass is 277 g/mol. The van der Waals surface area contributed by atoms with Crippen LogP contribution in [-0.2, 0) is 11.2 Å². The minimum Gasteiger partial charge on any atom is -0.494 e. The van der Waals surface area contributed by atoms with E-state index in [1.807, 2.05) is 6.92 Å². The van der Waals surface area contributed by atoms with Gasteiger partial charge in [0.05, 0.1) is 7.11 Å². The highest BCUT2D eigenvalue weighted by atomic mass is 19.1. The van der Waals surface area contributed by atoms with Gasteiger partial charge in [-0.15, -0.1) is 0 Å². The number of hydrogen-bond acceptors (Lipinski definition) is 4. The lowest BCUT2D eigenvalue weighted by atomic mass is 10.00. The molecule has 1 atom stereocenters. The quantitative estimate of drug-likeness (QED) is 0.866. The highest BCUT2D eigenvalue weighted by Crippen LogP contribution is 2.23. The Hall–Kier alpha value is -2.37. The summed E-state index contributed by atoms with van der Waals surface area (Å²) in [6.45, 7) is 1.83. The van der Waals surface area contributed by atoms with Crippen LogP contribution in [0.25, 0.3) is 0 Å². The summed E-state index contributed by atoms with van der Waals surface area (Å²) in [5.74, 6) is -0.818. The Bertz CT molecular complexity index is 598. The molecule has 0 aromatic heterocycles. The van der Waals surface area contributed by atoms with Crippen LogP contribution in [0, 0.1) is 5.82 Å². The Kier molecular flexibility index (Phi) is 3.74. The molecule has 0 spiro atoms. The van der Waals surface area contributed by atoms with E-state index in [2.05, 4.69) is 10.3 Å². The number of methoxy groups -OCH3 is 1. The summed E-state index contributed by atoms with van der Waals surface area (Å²) in [5, 5.41) is 3.07. The van der Waals surface area contributed by atoms with Crippen LogP contribution < -0.4 is 15.8 Å². The maximum absolute atomic E-state index is 13.4. The number of amides is 1. The van der Waals surface area contributed by atoms with Gasteiger partial charge in [0.25, 0.3) is 5.91 Å². The molecule has 1 aliphatic rings. The molecule has 0 fully saturated rings. The molecule has 106 valence electrons. The molecule has 3 N–H and O–H groups in total. The zero-order chi connectivity index (χ0) is 14.8. The molecule has 0 saturated heterocycles. The highest BCUT2D eigenvalue weighted by molar-refractivity contribution is 6.43. The molecule has 0 saturated carbocycles. The van der Waals surface area contributed by atoms with Crippen molar-refractivity contribution in [1.82, 2.24) is 5.32 Å². The van der Waals surface area contributed by atoms with Crippen LogP contribution in [0.2, 0.25) is 0 Å². The van der Waals surface area contributed by atoms with Crippen LogP contribution >= 0.6 is 0 Å². The van der Waals surface area contributed by atoms with Crippen LogP contribution in [0.15, 0.2) is 35.5 Å². The molecular formula is C14H16FN3O2. The van der Waals surface area contributed by atoms with Gasteiger partial charge in [-0.25, -0.2) is 4.39 Å². The molecular weight excluding hydrogens is 261 g/mol. The zero-order valence-corrected chi connectivity index (χ0v) is 11.3. The Morgan fingerprint density at radius 3 is 2.95 bits per heavy atom. The van der Waals surface area contributed by atoms with Gasteiger partial charge in [-0.1, -0.05) is 6.07 Å². The van der Waals surface area contributed by atoms with Crippen LogP contribution in [0.5, 0.6) is 5.75 Å². The summed E-state index contributed by atoms with van der Waals surface area (Å²) in [5.41, 5.74) is 5.57. The SMILES string of the molecule is COc1cc(CC2(C)N=C(C(N)=O)C=CN2)ccc1F. The van der Waals surface area contributed by atoms with Crippen molar-refractivity contribution in [1.29, 1.82) is 0 Å². The van der Waals surface area contributed by atoms with E-state index in [0.29, 0.717) is 6.42 Å². The van der Waals surface area contributed by atoms with E-state index in [9.17, 15) is 9.18 Å². The Morgan fingerprint density at radius 1 is 1.55 bits per heavy atom. The Morgan fingerprint density at radius 2 is 2.30 bits per heavy atom. The van der Waals surface area contributed by atoms with Crippen LogP contribution in [-0.4, -0.2) is 24.4 Å². The number of nitrogens with one attached hydrogen (secondary N) is 1. The van der Waals surface area contributed by atoms with Gasteiger partial charge in [0, 0.05) is 12.6 Å². The molecule has 0 radical (unpaired) electrons. The summed E-state index contributed by atoms with van der Waals surface area (Å²) >= 11 is 0. The van der Waals surface area contributed by atoms with Crippen LogP contribution in [0.4, 0.5) is 4.39 Å². The second kappa shape index (κ2) is 5.32. The molecule has 2 rings (SSSR count). The minimum atomic E-state index is -0.706. The largest absolute Gasteiger partial charge is 0.494 e. The van der Waals surface area contributed by atoms with E-state index >= 15 is 0 Å². The van der Waals surface area contributed by atoms with Crippen molar-refractivity contribution in [2.45, 2.75) is 19.0 Å². The third-order valence-electron chi connectivity index (χ3n) is 3.02. The topological polar surface area (TPSA) is 76.7 Å².